The summed E-state index contributed by atoms with van der Waals surface area (Å²) in [6.45, 7) is 4.65. The molecule has 0 aliphatic heterocycles. The molecule has 2 N–H and O–H groups in total. The maximum absolute atomic E-state index is 6.01. The summed E-state index contributed by atoms with van der Waals surface area (Å²) in [5, 5.41) is 0. The SMILES string of the molecule is C/C=C/COc1ccc(OC)cc1CC(N)CC. The highest BCUT2D eigenvalue weighted by Gasteiger charge is 2.09. The van der Waals surface area contributed by atoms with E-state index in [-0.39, 0.29) is 6.04 Å². The molecule has 1 atom stereocenters. The molecule has 18 heavy (non-hydrogen) atoms. The van der Waals surface area contributed by atoms with Crippen LogP contribution in [0.1, 0.15) is 25.8 Å². The fourth-order valence-corrected chi connectivity index (χ4v) is 1.64. The Hall–Kier alpha value is -1.48. The van der Waals surface area contributed by atoms with Gasteiger partial charge in [-0.2, -0.15) is 0 Å². The third-order valence-corrected chi connectivity index (χ3v) is 2.84. The number of rotatable bonds is 7. The first kappa shape index (κ1) is 14.6. The van der Waals surface area contributed by atoms with Crippen LogP contribution in [0.25, 0.3) is 0 Å². The average Bonchev–Trinajstić information content (AvgIpc) is 2.40. The molecular formula is C15H23NO2. The van der Waals surface area contributed by atoms with Crippen molar-refractivity contribution in [3.8, 4) is 11.5 Å². The van der Waals surface area contributed by atoms with Crippen molar-refractivity contribution >= 4 is 0 Å². The molecule has 0 bridgehead atoms. The van der Waals surface area contributed by atoms with Gasteiger partial charge in [-0.25, -0.2) is 0 Å². The number of ether oxygens (including phenoxy) is 2. The molecular weight excluding hydrogens is 226 g/mol. The molecule has 3 heteroatoms. The molecule has 0 aliphatic rings. The molecule has 100 valence electrons. The molecule has 0 aromatic heterocycles. The van der Waals surface area contributed by atoms with Crippen molar-refractivity contribution in [2.45, 2.75) is 32.7 Å². The summed E-state index contributed by atoms with van der Waals surface area (Å²) in [7, 11) is 1.67. The summed E-state index contributed by atoms with van der Waals surface area (Å²) < 4.78 is 11.0. The van der Waals surface area contributed by atoms with Crippen molar-refractivity contribution in [2.75, 3.05) is 13.7 Å². The first-order chi connectivity index (χ1) is 8.71. The first-order valence-corrected chi connectivity index (χ1v) is 6.37. The second-order valence-corrected chi connectivity index (χ2v) is 4.23. The van der Waals surface area contributed by atoms with Gasteiger partial charge in [0.05, 0.1) is 7.11 Å². The van der Waals surface area contributed by atoms with Gasteiger partial charge in [0.2, 0.25) is 0 Å². The van der Waals surface area contributed by atoms with E-state index < -0.39 is 0 Å². The van der Waals surface area contributed by atoms with Crippen LogP contribution in [0.3, 0.4) is 0 Å². The molecule has 0 aliphatic carbocycles. The van der Waals surface area contributed by atoms with Crippen molar-refractivity contribution in [2.24, 2.45) is 5.73 Å². The minimum Gasteiger partial charge on any atom is -0.497 e. The molecule has 0 heterocycles. The van der Waals surface area contributed by atoms with E-state index in [2.05, 4.69) is 6.92 Å². The van der Waals surface area contributed by atoms with Gasteiger partial charge in [0.15, 0.2) is 0 Å². The van der Waals surface area contributed by atoms with E-state index in [1.807, 2.05) is 37.3 Å². The van der Waals surface area contributed by atoms with E-state index in [0.717, 1.165) is 29.9 Å². The lowest BCUT2D eigenvalue weighted by Crippen LogP contribution is -2.21. The summed E-state index contributed by atoms with van der Waals surface area (Å²) in [5.41, 5.74) is 7.11. The van der Waals surface area contributed by atoms with Crippen molar-refractivity contribution in [1.29, 1.82) is 0 Å². The quantitative estimate of drug-likeness (QED) is 0.756. The zero-order valence-corrected chi connectivity index (χ0v) is 11.5. The van der Waals surface area contributed by atoms with Crippen molar-refractivity contribution in [3.05, 3.63) is 35.9 Å². The summed E-state index contributed by atoms with van der Waals surface area (Å²) in [6.07, 6.45) is 5.71. The molecule has 3 nitrogen and oxygen atoms in total. The first-order valence-electron chi connectivity index (χ1n) is 6.37. The lowest BCUT2D eigenvalue weighted by Gasteiger charge is -2.15. The van der Waals surface area contributed by atoms with Gasteiger partial charge in [0.25, 0.3) is 0 Å². The Kier molecular flexibility index (Phi) is 6.29. The van der Waals surface area contributed by atoms with Crippen molar-refractivity contribution in [1.82, 2.24) is 0 Å². The van der Waals surface area contributed by atoms with Gasteiger partial charge in [-0.05, 0) is 43.5 Å². The third-order valence-electron chi connectivity index (χ3n) is 2.84. The molecule has 1 rings (SSSR count). The molecule has 1 unspecified atom stereocenters. The molecule has 0 spiro atoms. The van der Waals surface area contributed by atoms with E-state index in [1.54, 1.807) is 7.11 Å². The Morgan fingerprint density at radius 1 is 1.39 bits per heavy atom. The molecule has 1 aromatic carbocycles. The van der Waals surface area contributed by atoms with Crippen LogP contribution in [0.4, 0.5) is 0 Å². The van der Waals surface area contributed by atoms with Gasteiger partial charge in [-0.1, -0.05) is 19.1 Å². The molecule has 0 saturated heterocycles. The third kappa shape index (κ3) is 4.41. The number of allylic oxidation sites excluding steroid dienone is 1. The fourth-order valence-electron chi connectivity index (χ4n) is 1.64. The number of hydrogen-bond acceptors (Lipinski definition) is 3. The second kappa shape index (κ2) is 7.77. The summed E-state index contributed by atoms with van der Waals surface area (Å²) in [6, 6.07) is 6.01. The Morgan fingerprint density at radius 2 is 2.17 bits per heavy atom. The lowest BCUT2D eigenvalue weighted by atomic mass is 10.0. The van der Waals surface area contributed by atoms with E-state index in [1.165, 1.54) is 0 Å². The maximum atomic E-state index is 6.01. The maximum Gasteiger partial charge on any atom is 0.123 e. The minimum absolute atomic E-state index is 0.154. The highest BCUT2D eigenvalue weighted by atomic mass is 16.5. The molecule has 0 amide bonds. The van der Waals surface area contributed by atoms with Crippen LogP contribution in [0.5, 0.6) is 11.5 Å². The van der Waals surface area contributed by atoms with Crippen LogP contribution in [-0.2, 0) is 6.42 Å². The zero-order valence-electron chi connectivity index (χ0n) is 11.5. The normalized spacial score (nSPS) is 12.7. The largest absolute Gasteiger partial charge is 0.497 e. The summed E-state index contributed by atoms with van der Waals surface area (Å²) >= 11 is 0. The number of hydrogen-bond donors (Lipinski definition) is 1. The van der Waals surface area contributed by atoms with E-state index in [0.29, 0.717) is 6.61 Å². The molecule has 0 fully saturated rings. The average molecular weight is 249 g/mol. The highest BCUT2D eigenvalue weighted by molar-refractivity contribution is 5.41. The van der Waals surface area contributed by atoms with E-state index >= 15 is 0 Å². The Bertz CT molecular complexity index is 388. The number of benzene rings is 1. The van der Waals surface area contributed by atoms with Gasteiger partial charge < -0.3 is 15.2 Å². The second-order valence-electron chi connectivity index (χ2n) is 4.23. The molecule has 1 aromatic rings. The van der Waals surface area contributed by atoms with Crippen molar-refractivity contribution in [3.63, 3.8) is 0 Å². The van der Waals surface area contributed by atoms with Gasteiger partial charge in [0.1, 0.15) is 18.1 Å². The predicted octanol–water partition coefficient (Wildman–Crippen LogP) is 2.93. The van der Waals surface area contributed by atoms with E-state index in [4.69, 9.17) is 15.2 Å². The van der Waals surface area contributed by atoms with Crippen LogP contribution >= 0.6 is 0 Å². The zero-order chi connectivity index (χ0) is 13.4. The molecule has 0 radical (unpaired) electrons. The Balaban J connectivity index is 2.85. The van der Waals surface area contributed by atoms with Crippen LogP contribution < -0.4 is 15.2 Å². The standard InChI is InChI=1S/C15H23NO2/c1-4-6-9-18-15-8-7-14(17-3)11-12(15)10-13(16)5-2/h4,6-8,11,13H,5,9-10,16H2,1-3H3/b6-4+. The summed E-state index contributed by atoms with van der Waals surface area (Å²) in [5.74, 6) is 1.73. The topological polar surface area (TPSA) is 44.5 Å². The van der Waals surface area contributed by atoms with Gasteiger partial charge >= 0.3 is 0 Å². The minimum atomic E-state index is 0.154. The van der Waals surface area contributed by atoms with Crippen LogP contribution in [0.2, 0.25) is 0 Å². The van der Waals surface area contributed by atoms with Gasteiger partial charge in [-0.15, -0.1) is 0 Å². The summed E-state index contributed by atoms with van der Waals surface area (Å²) in [4.78, 5) is 0. The van der Waals surface area contributed by atoms with Crippen LogP contribution in [0.15, 0.2) is 30.4 Å². The highest BCUT2D eigenvalue weighted by Crippen LogP contribution is 2.25. The van der Waals surface area contributed by atoms with Crippen LogP contribution in [0, 0.1) is 0 Å². The van der Waals surface area contributed by atoms with Gasteiger partial charge in [0, 0.05) is 6.04 Å². The Labute approximate surface area is 110 Å². The predicted molar refractivity (Wildman–Crippen MR) is 75.3 cm³/mol. The lowest BCUT2D eigenvalue weighted by molar-refractivity contribution is 0.355. The monoisotopic (exact) mass is 249 g/mol. The smallest absolute Gasteiger partial charge is 0.123 e. The Morgan fingerprint density at radius 3 is 2.78 bits per heavy atom. The van der Waals surface area contributed by atoms with Crippen LogP contribution in [-0.4, -0.2) is 19.8 Å². The van der Waals surface area contributed by atoms with Crippen molar-refractivity contribution < 1.29 is 9.47 Å². The number of methoxy groups -OCH3 is 1. The van der Waals surface area contributed by atoms with E-state index in [9.17, 15) is 0 Å². The molecule has 0 saturated carbocycles. The number of nitrogens with two attached hydrogens (primary N) is 1. The van der Waals surface area contributed by atoms with Gasteiger partial charge in [-0.3, -0.25) is 0 Å². The fraction of sp³-hybridized carbons (Fsp3) is 0.467.